The minimum atomic E-state index is -2.01. The molecule has 9 rings (SSSR count). The number of nitrogens with one attached hydrogen (secondary N) is 1. The molecule has 6 atom stereocenters. The lowest BCUT2D eigenvalue weighted by Gasteiger charge is -2.46. The van der Waals surface area contributed by atoms with Crippen LogP contribution in [0, 0.1) is 17.8 Å². The van der Waals surface area contributed by atoms with E-state index in [-0.39, 0.29) is 38.7 Å². The molecule has 2 saturated heterocycles. The summed E-state index contributed by atoms with van der Waals surface area (Å²) in [6.45, 7) is -0.217. The number of benzene rings is 4. The Bertz CT molecular complexity index is 2700. The average molecular weight is 901 g/mol. The zero-order chi connectivity index (χ0) is 46.3. The fraction of sp³-hybridized carbons (Fsp3) is 0.315. The van der Waals surface area contributed by atoms with Crippen molar-refractivity contribution in [3.05, 3.63) is 173 Å². The van der Waals surface area contributed by atoms with Gasteiger partial charge >= 0.3 is 12.1 Å². The van der Waals surface area contributed by atoms with Gasteiger partial charge in [0.2, 0.25) is 11.8 Å². The predicted molar refractivity (Wildman–Crippen MR) is 249 cm³/mol. The fourth-order valence-corrected chi connectivity index (χ4v) is 10.3. The number of ether oxygens (including phenoxy) is 4. The van der Waals surface area contributed by atoms with E-state index >= 15 is 14.4 Å². The zero-order valence-corrected chi connectivity index (χ0v) is 37.2. The minimum absolute atomic E-state index is 0.0106. The van der Waals surface area contributed by atoms with Gasteiger partial charge in [0.15, 0.2) is 0 Å². The van der Waals surface area contributed by atoms with Crippen molar-refractivity contribution < 1.29 is 43.2 Å². The molecule has 67 heavy (non-hydrogen) atoms. The monoisotopic (exact) mass is 900 g/mol. The number of cyclic esters (lactones) is 1. The first-order valence-corrected chi connectivity index (χ1v) is 22.8. The van der Waals surface area contributed by atoms with E-state index in [0.717, 1.165) is 47.4 Å². The lowest BCUT2D eigenvalue weighted by atomic mass is 9.65. The SMILES string of the molecule is COCCOC(=O)N1C(=O)[C@@]2(c3cc(C#CC4=CCCCC4)ccc31)[C@H](C(=O)NCCc1ccccn1)[C@H]1C(=O)O[C@H](c3ccccc3)[C@H](c3ccccc3)N1[C@@H]2c1cccc(OCCO)c1. The van der Waals surface area contributed by atoms with E-state index in [4.69, 9.17) is 18.9 Å². The number of esters is 1. The first-order valence-electron chi connectivity index (χ1n) is 22.8. The van der Waals surface area contributed by atoms with E-state index in [9.17, 15) is 9.90 Å². The fourth-order valence-electron chi connectivity index (χ4n) is 10.3. The minimum Gasteiger partial charge on any atom is -0.491 e. The van der Waals surface area contributed by atoms with E-state index in [1.54, 1.807) is 42.6 Å². The Morgan fingerprint density at radius 1 is 0.851 bits per heavy atom. The Morgan fingerprint density at radius 2 is 1.63 bits per heavy atom. The van der Waals surface area contributed by atoms with Crippen molar-refractivity contribution in [2.24, 2.45) is 5.92 Å². The Hall–Kier alpha value is -7.11. The maximum atomic E-state index is 16.4. The summed E-state index contributed by atoms with van der Waals surface area (Å²) >= 11 is 0. The molecule has 342 valence electrons. The van der Waals surface area contributed by atoms with E-state index in [1.807, 2.05) is 89.8 Å². The molecular weight excluding hydrogens is 849 g/mol. The number of carbonyl (C=O) groups excluding carboxylic acids is 4. The molecule has 3 amide bonds. The summed E-state index contributed by atoms with van der Waals surface area (Å²) in [6, 6.07) is 33.5. The number of carbonyl (C=O) groups is 4. The number of pyridine rings is 1. The van der Waals surface area contributed by atoms with Gasteiger partial charge in [-0.15, -0.1) is 0 Å². The van der Waals surface area contributed by atoms with Crippen LogP contribution >= 0.6 is 0 Å². The summed E-state index contributed by atoms with van der Waals surface area (Å²) in [5.74, 6) is 3.50. The number of rotatable bonds is 13. The van der Waals surface area contributed by atoms with Crippen LogP contribution in [-0.4, -0.2) is 85.0 Å². The average Bonchev–Trinajstić information content (AvgIpc) is 3.82. The molecule has 4 aromatic carbocycles. The van der Waals surface area contributed by atoms with Gasteiger partial charge in [-0.25, -0.2) is 9.69 Å². The summed E-state index contributed by atoms with van der Waals surface area (Å²) < 4.78 is 23.5. The van der Waals surface area contributed by atoms with Crippen molar-refractivity contribution in [2.45, 2.75) is 61.7 Å². The largest absolute Gasteiger partial charge is 0.491 e. The smallest absolute Gasteiger partial charge is 0.421 e. The second-order valence-electron chi connectivity index (χ2n) is 17.0. The van der Waals surface area contributed by atoms with Crippen LogP contribution in [0.1, 0.15) is 77.4 Å². The number of nitrogens with zero attached hydrogens (tertiary/aromatic N) is 3. The quantitative estimate of drug-likeness (QED) is 0.0706. The van der Waals surface area contributed by atoms with Crippen molar-refractivity contribution in [1.29, 1.82) is 0 Å². The van der Waals surface area contributed by atoms with Crippen LogP contribution in [0.15, 0.2) is 139 Å². The number of fused-ring (bicyclic) bond motifs is 3. The van der Waals surface area contributed by atoms with Crippen LogP contribution in [-0.2, 0) is 40.4 Å². The Morgan fingerprint density at radius 3 is 2.36 bits per heavy atom. The number of hydrogen-bond acceptors (Lipinski definition) is 11. The van der Waals surface area contributed by atoms with Crippen LogP contribution in [0.4, 0.5) is 10.5 Å². The van der Waals surface area contributed by atoms with Crippen molar-refractivity contribution in [3.63, 3.8) is 0 Å². The normalized spacial score (nSPS) is 23.0. The van der Waals surface area contributed by atoms with Crippen LogP contribution < -0.4 is 15.0 Å². The highest BCUT2D eigenvalue weighted by molar-refractivity contribution is 6.23. The number of amides is 3. The van der Waals surface area contributed by atoms with Crippen LogP contribution in [0.2, 0.25) is 0 Å². The number of aliphatic hydroxyl groups is 1. The molecule has 4 aliphatic rings. The third-order valence-corrected chi connectivity index (χ3v) is 13.0. The second kappa shape index (κ2) is 20.2. The molecule has 0 unspecified atom stereocenters. The number of imide groups is 1. The van der Waals surface area contributed by atoms with E-state index in [1.165, 1.54) is 7.11 Å². The van der Waals surface area contributed by atoms with E-state index in [0.29, 0.717) is 34.4 Å². The number of methoxy groups -OCH3 is 1. The van der Waals surface area contributed by atoms with Gasteiger partial charge in [0.05, 0.1) is 36.9 Å². The summed E-state index contributed by atoms with van der Waals surface area (Å²) in [5, 5.41) is 12.9. The molecule has 1 spiro atoms. The van der Waals surface area contributed by atoms with Crippen LogP contribution in [0.25, 0.3) is 0 Å². The first-order chi connectivity index (χ1) is 32.8. The maximum Gasteiger partial charge on any atom is 0.421 e. The molecule has 4 heterocycles. The van der Waals surface area contributed by atoms with Crippen LogP contribution in [0.3, 0.4) is 0 Å². The predicted octanol–water partition coefficient (Wildman–Crippen LogP) is 7.11. The number of hydrogen-bond donors (Lipinski definition) is 2. The van der Waals surface area contributed by atoms with Gasteiger partial charge in [-0.1, -0.05) is 96.8 Å². The third-order valence-electron chi connectivity index (χ3n) is 13.0. The van der Waals surface area contributed by atoms with E-state index < -0.39 is 59.4 Å². The van der Waals surface area contributed by atoms with Gasteiger partial charge in [-0.2, -0.15) is 0 Å². The molecule has 0 bridgehead atoms. The molecule has 0 radical (unpaired) electrons. The number of aromatic nitrogens is 1. The van der Waals surface area contributed by atoms with Crippen molar-refractivity contribution in [3.8, 4) is 17.6 Å². The molecule has 13 heteroatoms. The molecule has 1 aromatic heterocycles. The number of allylic oxidation sites excluding steroid dienone is 2. The highest BCUT2D eigenvalue weighted by atomic mass is 16.6. The van der Waals surface area contributed by atoms with Gasteiger partial charge < -0.3 is 29.4 Å². The number of anilines is 1. The first kappa shape index (κ1) is 45.1. The van der Waals surface area contributed by atoms with Gasteiger partial charge in [-0.3, -0.25) is 24.3 Å². The van der Waals surface area contributed by atoms with Crippen LogP contribution in [0.5, 0.6) is 5.75 Å². The Labute approximate surface area is 389 Å². The molecule has 13 nitrogen and oxygen atoms in total. The molecule has 2 N–H and O–H groups in total. The maximum absolute atomic E-state index is 16.4. The van der Waals surface area contributed by atoms with Crippen molar-refractivity contribution in [1.82, 2.24) is 15.2 Å². The van der Waals surface area contributed by atoms with E-state index in [2.05, 4.69) is 28.2 Å². The summed E-state index contributed by atoms with van der Waals surface area (Å²) in [5.41, 5.74) is 2.80. The summed E-state index contributed by atoms with van der Waals surface area (Å²) in [6.07, 6.45) is 6.22. The zero-order valence-electron chi connectivity index (χ0n) is 37.2. The molecular formula is C54H52N4O9. The summed E-state index contributed by atoms with van der Waals surface area (Å²) in [7, 11) is 1.48. The lowest BCUT2D eigenvalue weighted by molar-refractivity contribution is -0.178. The Kier molecular flexibility index (Phi) is 13.6. The summed E-state index contributed by atoms with van der Waals surface area (Å²) in [4.78, 5) is 69.3. The van der Waals surface area contributed by atoms with Gasteiger partial charge in [-0.05, 0) is 96.0 Å². The molecule has 5 aromatic rings. The molecule has 0 saturated carbocycles. The van der Waals surface area contributed by atoms with Crippen molar-refractivity contribution >= 4 is 29.6 Å². The topological polar surface area (TPSA) is 157 Å². The van der Waals surface area contributed by atoms with Gasteiger partial charge in [0.1, 0.15) is 36.5 Å². The molecule has 1 aliphatic carbocycles. The number of morpholine rings is 1. The highest BCUT2D eigenvalue weighted by Gasteiger charge is 2.75. The third kappa shape index (κ3) is 8.71. The Balaban J connectivity index is 1.32. The standard InChI is InChI=1S/C54H52N4O9/c1-64-32-33-66-53(63)57-44-26-25-37(24-23-36-14-5-2-6-15-36)34-43(44)54(52(57)62)45(50(60)56-29-27-41-21-11-12-28-55-41)47-51(61)67-48(39-18-9-4-10-19-39)46(38-16-7-3-8-17-38)58(47)49(54)40-20-13-22-42(35-40)65-31-30-59/h3-4,7-14,16-22,25-26,28,34-35,45-49,59H,2,5-6,15,27,29-33H2,1H3,(H,56,60)/t45-,46-,47-,48+,49+,54-/m0/s1. The van der Waals surface area contributed by atoms with Gasteiger partial charge in [0, 0.05) is 37.5 Å². The lowest BCUT2D eigenvalue weighted by Crippen LogP contribution is -2.56. The molecule has 2 fully saturated rings. The van der Waals surface area contributed by atoms with Gasteiger partial charge in [0.25, 0.3) is 0 Å². The highest BCUT2D eigenvalue weighted by Crippen LogP contribution is 2.66. The molecule has 3 aliphatic heterocycles. The van der Waals surface area contributed by atoms with Crippen molar-refractivity contribution in [2.75, 3.05) is 45.0 Å². The second-order valence-corrected chi connectivity index (χ2v) is 17.0. The number of aliphatic hydroxyl groups excluding tert-OH is 1.